The van der Waals surface area contributed by atoms with E-state index in [1.54, 1.807) is 18.2 Å². The molecule has 0 amide bonds. The number of fused-ring (bicyclic) bond motifs is 1. The first-order valence-corrected chi connectivity index (χ1v) is 7.20. The molecule has 1 heterocycles. The van der Waals surface area contributed by atoms with Crippen LogP contribution in [0.3, 0.4) is 0 Å². The molecule has 0 saturated heterocycles. The predicted molar refractivity (Wildman–Crippen MR) is 83.5 cm³/mol. The molecule has 2 aromatic rings. The van der Waals surface area contributed by atoms with Crippen molar-refractivity contribution in [3.63, 3.8) is 0 Å². The Balaban J connectivity index is 1.93. The number of benzene rings is 1. The lowest BCUT2D eigenvalue weighted by molar-refractivity contribution is 0.0556. The summed E-state index contributed by atoms with van der Waals surface area (Å²) in [5.41, 5.74) is 5.94. The normalized spacial score (nSPS) is 17.2. The largest absolute Gasteiger partial charge is 0.399 e. The number of anilines is 2. The quantitative estimate of drug-likeness (QED) is 0.739. The Morgan fingerprint density at radius 2 is 2.14 bits per heavy atom. The minimum atomic E-state index is -0.677. The van der Waals surface area contributed by atoms with Crippen LogP contribution in [0.4, 0.5) is 11.6 Å². The highest BCUT2D eigenvalue weighted by molar-refractivity contribution is 5.81. The summed E-state index contributed by atoms with van der Waals surface area (Å²) in [5.74, 6) is 0.470. The number of nitrogen functional groups attached to an aromatic ring is 1. The number of aliphatic hydroxyl groups is 1. The van der Waals surface area contributed by atoms with E-state index in [4.69, 9.17) is 5.73 Å². The van der Waals surface area contributed by atoms with Crippen molar-refractivity contribution >= 4 is 22.5 Å². The van der Waals surface area contributed by atoms with Gasteiger partial charge in [0.05, 0.1) is 16.5 Å². The SMILES string of the molecule is CN(CC1(O)CCCC1)c1nc2ccc(N)cc2c(=O)[nH]1. The van der Waals surface area contributed by atoms with E-state index in [2.05, 4.69) is 9.97 Å². The van der Waals surface area contributed by atoms with Crippen molar-refractivity contribution < 1.29 is 5.11 Å². The average molecular weight is 288 g/mol. The Morgan fingerprint density at radius 1 is 1.43 bits per heavy atom. The topological polar surface area (TPSA) is 95.2 Å². The Kier molecular flexibility index (Phi) is 3.33. The average Bonchev–Trinajstić information content (AvgIpc) is 2.85. The molecule has 0 bridgehead atoms. The lowest BCUT2D eigenvalue weighted by Crippen LogP contribution is -2.40. The number of rotatable bonds is 3. The summed E-state index contributed by atoms with van der Waals surface area (Å²) in [6.45, 7) is 0.469. The van der Waals surface area contributed by atoms with Gasteiger partial charge in [-0.3, -0.25) is 9.78 Å². The first-order valence-electron chi connectivity index (χ1n) is 7.20. The summed E-state index contributed by atoms with van der Waals surface area (Å²) in [6, 6.07) is 5.08. The van der Waals surface area contributed by atoms with E-state index >= 15 is 0 Å². The molecule has 1 saturated carbocycles. The molecule has 112 valence electrons. The number of H-pyrrole nitrogens is 1. The predicted octanol–water partition coefficient (Wildman–Crippen LogP) is 1.25. The van der Waals surface area contributed by atoms with Crippen LogP contribution in [0.1, 0.15) is 25.7 Å². The maximum atomic E-state index is 12.1. The van der Waals surface area contributed by atoms with Crippen LogP contribution in [-0.2, 0) is 0 Å². The van der Waals surface area contributed by atoms with Gasteiger partial charge in [0.1, 0.15) is 0 Å². The molecule has 3 rings (SSSR count). The molecule has 4 N–H and O–H groups in total. The summed E-state index contributed by atoms with van der Waals surface area (Å²) in [4.78, 5) is 21.2. The molecule has 0 atom stereocenters. The monoisotopic (exact) mass is 288 g/mol. The van der Waals surface area contributed by atoms with E-state index in [1.165, 1.54) is 0 Å². The number of likely N-dealkylation sites (N-methyl/N-ethyl adjacent to an activating group) is 1. The van der Waals surface area contributed by atoms with E-state index in [0.29, 0.717) is 29.1 Å². The van der Waals surface area contributed by atoms with E-state index in [1.807, 2.05) is 11.9 Å². The van der Waals surface area contributed by atoms with Crippen LogP contribution >= 0.6 is 0 Å². The van der Waals surface area contributed by atoms with Gasteiger partial charge in [-0.2, -0.15) is 0 Å². The van der Waals surface area contributed by atoms with Gasteiger partial charge in [-0.1, -0.05) is 12.8 Å². The van der Waals surface area contributed by atoms with E-state index in [9.17, 15) is 9.90 Å². The fourth-order valence-corrected chi connectivity index (χ4v) is 3.03. The van der Waals surface area contributed by atoms with E-state index in [-0.39, 0.29) is 5.56 Å². The molecule has 0 spiro atoms. The molecule has 0 aliphatic heterocycles. The van der Waals surface area contributed by atoms with Gasteiger partial charge in [0.2, 0.25) is 5.95 Å². The van der Waals surface area contributed by atoms with Crippen molar-refractivity contribution in [2.24, 2.45) is 0 Å². The van der Waals surface area contributed by atoms with Crippen LogP contribution in [0, 0.1) is 0 Å². The second kappa shape index (κ2) is 5.04. The van der Waals surface area contributed by atoms with Gasteiger partial charge in [-0.25, -0.2) is 4.98 Å². The van der Waals surface area contributed by atoms with Crippen molar-refractivity contribution in [2.45, 2.75) is 31.3 Å². The van der Waals surface area contributed by atoms with Crippen LogP contribution < -0.4 is 16.2 Å². The Morgan fingerprint density at radius 3 is 2.86 bits per heavy atom. The lowest BCUT2D eigenvalue weighted by Gasteiger charge is -2.28. The number of hydrogen-bond donors (Lipinski definition) is 3. The van der Waals surface area contributed by atoms with E-state index < -0.39 is 5.60 Å². The van der Waals surface area contributed by atoms with Gasteiger partial charge >= 0.3 is 0 Å². The molecule has 1 fully saturated rings. The zero-order valence-electron chi connectivity index (χ0n) is 12.1. The fraction of sp³-hybridized carbons (Fsp3) is 0.467. The first kappa shape index (κ1) is 13.9. The van der Waals surface area contributed by atoms with Crippen LogP contribution in [0.15, 0.2) is 23.0 Å². The van der Waals surface area contributed by atoms with Gasteiger partial charge in [-0.15, -0.1) is 0 Å². The molecule has 6 heteroatoms. The zero-order valence-corrected chi connectivity index (χ0v) is 12.1. The molecule has 6 nitrogen and oxygen atoms in total. The lowest BCUT2D eigenvalue weighted by atomic mass is 10.0. The van der Waals surface area contributed by atoms with Crippen LogP contribution in [0.25, 0.3) is 10.9 Å². The standard InChI is InChI=1S/C15H20N4O2/c1-19(9-15(21)6-2-3-7-15)14-17-12-5-4-10(16)8-11(12)13(20)18-14/h4-5,8,21H,2-3,6-7,9,16H2,1H3,(H,17,18,20). The van der Waals surface area contributed by atoms with Gasteiger partial charge < -0.3 is 15.7 Å². The minimum absolute atomic E-state index is 0.215. The third-order valence-corrected chi connectivity index (χ3v) is 4.14. The fourth-order valence-electron chi connectivity index (χ4n) is 3.03. The van der Waals surface area contributed by atoms with Crippen LogP contribution in [0.5, 0.6) is 0 Å². The van der Waals surface area contributed by atoms with Crippen molar-refractivity contribution in [3.8, 4) is 0 Å². The second-order valence-corrected chi connectivity index (χ2v) is 5.95. The number of aromatic nitrogens is 2. The highest BCUT2D eigenvalue weighted by Gasteiger charge is 2.32. The second-order valence-electron chi connectivity index (χ2n) is 5.95. The van der Waals surface area contributed by atoms with Gasteiger partial charge in [-0.05, 0) is 31.0 Å². The van der Waals surface area contributed by atoms with Crippen molar-refractivity contribution in [1.82, 2.24) is 9.97 Å². The molecule has 1 aromatic carbocycles. The number of nitrogens with zero attached hydrogens (tertiary/aromatic N) is 2. The maximum absolute atomic E-state index is 12.1. The number of aromatic amines is 1. The van der Waals surface area contributed by atoms with Crippen molar-refractivity contribution in [2.75, 3.05) is 24.2 Å². The molecule has 0 unspecified atom stereocenters. The summed E-state index contributed by atoms with van der Waals surface area (Å²) < 4.78 is 0. The molecule has 21 heavy (non-hydrogen) atoms. The molecule has 1 aliphatic rings. The highest BCUT2D eigenvalue weighted by atomic mass is 16.3. The molecule has 1 aromatic heterocycles. The van der Waals surface area contributed by atoms with Crippen molar-refractivity contribution in [1.29, 1.82) is 0 Å². The van der Waals surface area contributed by atoms with Gasteiger partial charge in [0.15, 0.2) is 0 Å². The summed E-state index contributed by atoms with van der Waals surface area (Å²) in [7, 11) is 1.83. The molecule has 0 radical (unpaired) electrons. The maximum Gasteiger partial charge on any atom is 0.260 e. The number of hydrogen-bond acceptors (Lipinski definition) is 5. The van der Waals surface area contributed by atoms with Crippen LogP contribution in [-0.4, -0.2) is 34.3 Å². The third-order valence-electron chi connectivity index (χ3n) is 4.14. The third kappa shape index (κ3) is 2.71. The van der Waals surface area contributed by atoms with Gasteiger partial charge in [0.25, 0.3) is 5.56 Å². The highest BCUT2D eigenvalue weighted by Crippen LogP contribution is 2.30. The number of nitrogens with one attached hydrogen (secondary N) is 1. The molecular weight excluding hydrogens is 268 g/mol. The molecular formula is C15H20N4O2. The first-order chi connectivity index (χ1) is 9.97. The van der Waals surface area contributed by atoms with Crippen LogP contribution in [0.2, 0.25) is 0 Å². The Hall–Kier alpha value is -2.08. The minimum Gasteiger partial charge on any atom is -0.399 e. The smallest absolute Gasteiger partial charge is 0.260 e. The molecule has 1 aliphatic carbocycles. The summed E-state index contributed by atoms with van der Waals surface area (Å²) in [5, 5.41) is 10.9. The van der Waals surface area contributed by atoms with Crippen molar-refractivity contribution in [3.05, 3.63) is 28.6 Å². The number of nitrogens with two attached hydrogens (primary N) is 1. The Bertz CT molecular complexity index is 719. The Labute approximate surface area is 122 Å². The zero-order chi connectivity index (χ0) is 15.0. The van der Waals surface area contributed by atoms with E-state index in [0.717, 1.165) is 25.7 Å². The van der Waals surface area contributed by atoms with Gasteiger partial charge in [0, 0.05) is 19.3 Å². The summed E-state index contributed by atoms with van der Waals surface area (Å²) >= 11 is 0. The summed E-state index contributed by atoms with van der Waals surface area (Å²) in [6.07, 6.45) is 3.69.